The number of carbonyl (C=O) groups excluding carboxylic acids is 1. The minimum Gasteiger partial charge on any atom is -0.461 e. The Morgan fingerprint density at radius 2 is 1.76 bits per heavy atom. The molecule has 1 amide bonds. The van der Waals surface area contributed by atoms with Crippen LogP contribution in [0.3, 0.4) is 0 Å². The van der Waals surface area contributed by atoms with Gasteiger partial charge < -0.3 is 13.7 Å². The van der Waals surface area contributed by atoms with Crippen molar-refractivity contribution < 1.29 is 22.0 Å². The third kappa shape index (κ3) is 3.81. The van der Waals surface area contributed by atoms with Crippen molar-refractivity contribution >= 4 is 37.7 Å². The molecule has 0 radical (unpaired) electrons. The van der Waals surface area contributed by atoms with Crippen molar-refractivity contribution in [3.05, 3.63) is 69.8 Å². The molecular formula is C26H25NO6S. The molecule has 2 aromatic carbocycles. The van der Waals surface area contributed by atoms with E-state index in [0.29, 0.717) is 23.2 Å². The fraction of sp³-hybridized carbons (Fsp3) is 0.308. The summed E-state index contributed by atoms with van der Waals surface area (Å²) < 4.78 is 35.2. The number of benzene rings is 2. The minimum atomic E-state index is -3.12. The van der Waals surface area contributed by atoms with Gasteiger partial charge >= 0.3 is 5.63 Å². The fourth-order valence-electron chi connectivity index (χ4n) is 4.83. The zero-order chi connectivity index (χ0) is 24.2. The van der Waals surface area contributed by atoms with Gasteiger partial charge in [0.1, 0.15) is 16.9 Å². The van der Waals surface area contributed by atoms with Crippen LogP contribution in [0.2, 0.25) is 0 Å². The molecule has 1 atom stereocenters. The summed E-state index contributed by atoms with van der Waals surface area (Å²) in [4.78, 5) is 27.2. The maximum Gasteiger partial charge on any atom is 0.340 e. The molecule has 7 nitrogen and oxygen atoms in total. The number of sulfone groups is 1. The van der Waals surface area contributed by atoms with Crippen LogP contribution in [0.1, 0.15) is 23.3 Å². The maximum atomic E-state index is 12.9. The zero-order valence-corrected chi connectivity index (χ0v) is 20.1. The Morgan fingerprint density at radius 1 is 1.06 bits per heavy atom. The highest BCUT2D eigenvalue weighted by atomic mass is 32.2. The number of fused-ring (bicyclic) bond motifs is 2. The second-order valence-corrected chi connectivity index (χ2v) is 11.2. The minimum absolute atomic E-state index is 0.0410. The molecule has 0 aliphatic carbocycles. The van der Waals surface area contributed by atoms with Crippen LogP contribution in [0, 0.1) is 13.8 Å². The molecular weight excluding hydrogens is 454 g/mol. The highest BCUT2D eigenvalue weighted by Gasteiger charge is 2.33. The van der Waals surface area contributed by atoms with Crippen LogP contribution in [-0.2, 0) is 21.1 Å². The average molecular weight is 480 g/mol. The quantitative estimate of drug-likeness (QED) is 0.410. The van der Waals surface area contributed by atoms with Gasteiger partial charge in [-0.05, 0) is 37.5 Å². The molecule has 1 saturated heterocycles. The number of carbonyl (C=O) groups is 1. The van der Waals surface area contributed by atoms with Gasteiger partial charge in [-0.25, -0.2) is 13.2 Å². The Balaban J connectivity index is 1.56. The Hall–Kier alpha value is -3.39. The molecule has 8 heteroatoms. The van der Waals surface area contributed by atoms with E-state index < -0.39 is 15.5 Å². The lowest BCUT2D eigenvalue weighted by atomic mass is 9.98. The van der Waals surface area contributed by atoms with Crippen molar-refractivity contribution in [2.45, 2.75) is 32.7 Å². The summed E-state index contributed by atoms with van der Waals surface area (Å²) in [5, 5.41) is 1.64. The number of rotatable bonds is 4. The Morgan fingerprint density at radius 3 is 2.44 bits per heavy atom. The topological polar surface area (TPSA) is 97.8 Å². The van der Waals surface area contributed by atoms with E-state index in [1.807, 2.05) is 50.2 Å². The normalized spacial score (nSPS) is 17.4. The van der Waals surface area contributed by atoms with Crippen molar-refractivity contribution in [1.29, 1.82) is 0 Å². The summed E-state index contributed by atoms with van der Waals surface area (Å²) in [6.07, 6.45) is 0.265. The molecule has 34 heavy (non-hydrogen) atoms. The van der Waals surface area contributed by atoms with Crippen LogP contribution in [0.5, 0.6) is 0 Å². The molecule has 1 aliphatic heterocycles. The smallest absolute Gasteiger partial charge is 0.340 e. The fourth-order valence-corrected chi connectivity index (χ4v) is 6.60. The van der Waals surface area contributed by atoms with Gasteiger partial charge in [-0.3, -0.25) is 4.79 Å². The first-order chi connectivity index (χ1) is 16.1. The van der Waals surface area contributed by atoms with Crippen LogP contribution in [0.25, 0.3) is 33.1 Å². The lowest BCUT2D eigenvalue weighted by Crippen LogP contribution is -2.39. The number of likely N-dealkylation sites (N-methyl/N-ethyl adjacent to an activating group) is 1. The number of nitrogens with zero attached hydrogens (tertiary/aromatic N) is 1. The molecule has 2 aromatic heterocycles. The standard InChI is InChI=1S/C26H25NO6S/c1-15-19-11-21-23(32-16(2)25(21)17-7-5-4-6-8-17)13-22(19)33-26(29)20(15)12-24(28)27(3)18-9-10-34(30,31)14-18/h4-8,11,13,18H,9-10,12,14H2,1-3H3. The molecule has 1 aliphatic rings. The second kappa shape index (κ2) is 8.13. The predicted octanol–water partition coefficient (Wildman–Crippen LogP) is 4.01. The van der Waals surface area contributed by atoms with E-state index in [1.54, 1.807) is 13.1 Å². The van der Waals surface area contributed by atoms with Gasteiger partial charge in [0.25, 0.3) is 0 Å². The van der Waals surface area contributed by atoms with Crippen LogP contribution in [0.15, 0.2) is 56.1 Å². The van der Waals surface area contributed by atoms with E-state index in [2.05, 4.69) is 0 Å². The first-order valence-corrected chi connectivity index (χ1v) is 13.0. The van der Waals surface area contributed by atoms with Crippen molar-refractivity contribution in [2.24, 2.45) is 0 Å². The molecule has 0 saturated carbocycles. The number of aryl methyl sites for hydroxylation is 2. The summed E-state index contributed by atoms with van der Waals surface area (Å²) in [6, 6.07) is 13.2. The molecule has 3 heterocycles. The largest absolute Gasteiger partial charge is 0.461 e. The summed E-state index contributed by atoms with van der Waals surface area (Å²) in [5.41, 5.74) is 3.40. The predicted molar refractivity (Wildman–Crippen MR) is 131 cm³/mol. The van der Waals surface area contributed by atoms with Crippen molar-refractivity contribution in [2.75, 3.05) is 18.6 Å². The van der Waals surface area contributed by atoms with E-state index >= 15 is 0 Å². The number of amides is 1. The van der Waals surface area contributed by atoms with Gasteiger partial charge in [-0.2, -0.15) is 0 Å². The molecule has 1 unspecified atom stereocenters. The Kier molecular flexibility index (Phi) is 5.36. The lowest BCUT2D eigenvalue weighted by molar-refractivity contribution is -0.130. The first-order valence-electron chi connectivity index (χ1n) is 11.2. The summed E-state index contributed by atoms with van der Waals surface area (Å²) >= 11 is 0. The summed E-state index contributed by atoms with van der Waals surface area (Å²) in [5.74, 6) is 0.499. The van der Waals surface area contributed by atoms with E-state index in [1.165, 1.54) is 4.90 Å². The third-order valence-corrected chi connectivity index (χ3v) is 8.56. The molecule has 0 spiro atoms. The summed E-state index contributed by atoms with van der Waals surface area (Å²) in [6.45, 7) is 3.71. The average Bonchev–Trinajstić information content (AvgIpc) is 3.32. The van der Waals surface area contributed by atoms with Crippen molar-refractivity contribution in [3.8, 4) is 11.1 Å². The number of furan rings is 1. The van der Waals surface area contributed by atoms with E-state index in [4.69, 9.17) is 8.83 Å². The van der Waals surface area contributed by atoms with Crippen LogP contribution >= 0.6 is 0 Å². The van der Waals surface area contributed by atoms with E-state index in [0.717, 1.165) is 27.7 Å². The van der Waals surface area contributed by atoms with E-state index in [9.17, 15) is 18.0 Å². The number of hydrogen-bond acceptors (Lipinski definition) is 6. The SMILES string of the molecule is Cc1oc2cc3oc(=O)c(CC(=O)N(C)C4CCS(=O)(=O)C4)c(C)c3cc2c1-c1ccccc1. The second-order valence-electron chi connectivity index (χ2n) is 8.98. The molecule has 0 N–H and O–H groups in total. The molecule has 176 valence electrons. The van der Waals surface area contributed by atoms with E-state index in [-0.39, 0.29) is 35.4 Å². The third-order valence-electron chi connectivity index (χ3n) is 6.81. The van der Waals surface area contributed by atoms with Crippen LogP contribution in [0.4, 0.5) is 0 Å². The van der Waals surface area contributed by atoms with Crippen molar-refractivity contribution in [3.63, 3.8) is 0 Å². The highest BCUT2D eigenvalue weighted by molar-refractivity contribution is 7.91. The van der Waals surface area contributed by atoms with Gasteiger partial charge in [-0.1, -0.05) is 30.3 Å². The molecule has 0 bridgehead atoms. The maximum absolute atomic E-state index is 12.9. The zero-order valence-electron chi connectivity index (χ0n) is 19.3. The van der Waals surface area contributed by atoms with Gasteiger partial charge in [0, 0.05) is 35.5 Å². The first kappa shape index (κ1) is 22.4. The Bertz CT molecular complexity index is 1600. The summed E-state index contributed by atoms with van der Waals surface area (Å²) in [7, 11) is -1.53. The van der Waals surface area contributed by atoms with Gasteiger partial charge in [0.15, 0.2) is 9.84 Å². The van der Waals surface area contributed by atoms with Gasteiger partial charge in [0.2, 0.25) is 5.91 Å². The van der Waals surface area contributed by atoms with Crippen LogP contribution < -0.4 is 5.63 Å². The molecule has 1 fully saturated rings. The van der Waals surface area contributed by atoms with Gasteiger partial charge in [-0.15, -0.1) is 0 Å². The lowest BCUT2D eigenvalue weighted by Gasteiger charge is -2.23. The molecule has 5 rings (SSSR count). The highest BCUT2D eigenvalue weighted by Crippen LogP contribution is 2.37. The number of hydrogen-bond donors (Lipinski definition) is 0. The van der Waals surface area contributed by atoms with Crippen LogP contribution in [-0.4, -0.2) is 43.8 Å². The van der Waals surface area contributed by atoms with Gasteiger partial charge in [0.05, 0.1) is 23.5 Å². The van der Waals surface area contributed by atoms with Crippen molar-refractivity contribution in [1.82, 2.24) is 4.90 Å². The Labute approximate surface area is 196 Å². The monoisotopic (exact) mass is 479 g/mol. The molecule has 4 aromatic rings.